The highest BCUT2D eigenvalue weighted by molar-refractivity contribution is 7.98. The van der Waals surface area contributed by atoms with Gasteiger partial charge in [0.1, 0.15) is 6.33 Å². The predicted molar refractivity (Wildman–Crippen MR) is 58.8 cm³/mol. The van der Waals surface area contributed by atoms with Crippen LogP contribution in [0, 0.1) is 5.92 Å². The number of nitrogens with zero attached hydrogens (tertiary/aromatic N) is 4. The van der Waals surface area contributed by atoms with Gasteiger partial charge in [-0.15, -0.1) is 0 Å². The largest absolute Gasteiger partial charge is 0.339 e. The first-order valence-electron chi connectivity index (χ1n) is 5.03. The summed E-state index contributed by atoms with van der Waals surface area (Å²) in [6.07, 6.45) is 2.29. The number of rotatable bonds is 5. The number of nitrogens with one attached hydrogen (secondary N) is 1. The third kappa shape index (κ3) is 3.06. The van der Waals surface area contributed by atoms with Gasteiger partial charge in [-0.25, -0.2) is 4.98 Å². The van der Waals surface area contributed by atoms with Crippen molar-refractivity contribution < 1.29 is 4.52 Å². The second-order valence-electron chi connectivity index (χ2n) is 3.78. The average molecular weight is 239 g/mol. The van der Waals surface area contributed by atoms with Gasteiger partial charge in [0, 0.05) is 6.42 Å². The van der Waals surface area contributed by atoms with Crippen LogP contribution in [0.4, 0.5) is 0 Å². The van der Waals surface area contributed by atoms with E-state index >= 15 is 0 Å². The van der Waals surface area contributed by atoms with Crippen molar-refractivity contribution in [2.45, 2.75) is 31.2 Å². The van der Waals surface area contributed by atoms with Crippen molar-refractivity contribution in [3.05, 3.63) is 18.0 Å². The molecular formula is C9H13N5OS. The maximum atomic E-state index is 5.12. The Balaban J connectivity index is 1.88. The van der Waals surface area contributed by atoms with Crippen molar-refractivity contribution in [3.8, 4) is 0 Å². The summed E-state index contributed by atoms with van der Waals surface area (Å²) in [7, 11) is 0. The number of hydrogen-bond acceptors (Lipinski definition) is 6. The number of H-pyrrole nitrogens is 1. The standard InChI is InChI=1S/C9H13N5OS/c1-6(2)3-8-12-7(14-15-8)4-16-9-10-5-11-13-9/h5-6H,3-4H2,1-2H3,(H,10,11,13). The van der Waals surface area contributed by atoms with Crippen molar-refractivity contribution in [3.63, 3.8) is 0 Å². The van der Waals surface area contributed by atoms with Crippen molar-refractivity contribution in [1.82, 2.24) is 25.3 Å². The Labute approximate surface area is 97.2 Å². The molecule has 1 N–H and O–H groups in total. The molecule has 2 heterocycles. The SMILES string of the molecule is CC(C)Cc1nc(CSc2ncn[nH]2)no1. The summed E-state index contributed by atoms with van der Waals surface area (Å²) in [5.41, 5.74) is 0. The van der Waals surface area contributed by atoms with E-state index < -0.39 is 0 Å². The van der Waals surface area contributed by atoms with E-state index in [1.165, 1.54) is 18.1 Å². The monoisotopic (exact) mass is 239 g/mol. The van der Waals surface area contributed by atoms with Crippen LogP contribution in [0.15, 0.2) is 16.0 Å². The molecule has 0 aliphatic rings. The highest BCUT2D eigenvalue weighted by Crippen LogP contribution is 2.16. The lowest BCUT2D eigenvalue weighted by Gasteiger charge is -1.95. The third-order valence-electron chi connectivity index (χ3n) is 1.82. The molecule has 0 aromatic carbocycles. The van der Waals surface area contributed by atoms with Crippen LogP contribution in [0.25, 0.3) is 0 Å². The fourth-order valence-electron chi connectivity index (χ4n) is 1.18. The predicted octanol–water partition coefficient (Wildman–Crippen LogP) is 1.68. The van der Waals surface area contributed by atoms with Gasteiger partial charge in [-0.2, -0.15) is 10.1 Å². The van der Waals surface area contributed by atoms with Gasteiger partial charge < -0.3 is 4.52 Å². The molecule has 2 rings (SSSR count). The van der Waals surface area contributed by atoms with Crippen LogP contribution >= 0.6 is 11.8 Å². The Morgan fingerprint density at radius 2 is 2.38 bits per heavy atom. The number of thioether (sulfide) groups is 1. The number of aromatic nitrogens is 5. The lowest BCUT2D eigenvalue weighted by Crippen LogP contribution is -1.94. The zero-order chi connectivity index (χ0) is 11.4. The van der Waals surface area contributed by atoms with E-state index in [-0.39, 0.29) is 0 Å². The molecule has 2 aromatic rings. The minimum atomic E-state index is 0.523. The molecule has 16 heavy (non-hydrogen) atoms. The zero-order valence-corrected chi connectivity index (χ0v) is 9.99. The van der Waals surface area contributed by atoms with E-state index in [0.29, 0.717) is 23.4 Å². The summed E-state index contributed by atoms with van der Waals surface area (Å²) in [4.78, 5) is 8.29. The van der Waals surface area contributed by atoms with Gasteiger partial charge in [-0.1, -0.05) is 30.8 Å². The third-order valence-corrected chi connectivity index (χ3v) is 2.70. The Morgan fingerprint density at radius 1 is 1.50 bits per heavy atom. The molecule has 0 radical (unpaired) electrons. The molecule has 0 amide bonds. The first-order valence-corrected chi connectivity index (χ1v) is 6.02. The molecule has 0 aliphatic heterocycles. The molecule has 2 aromatic heterocycles. The zero-order valence-electron chi connectivity index (χ0n) is 9.17. The maximum Gasteiger partial charge on any atom is 0.226 e. The van der Waals surface area contributed by atoms with E-state index in [9.17, 15) is 0 Å². The average Bonchev–Trinajstić information content (AvgIpc) is 2.84. The fourth-order valence-corrected chi connectivity index (χ4v) is 1.80. The van der Waals surface area contributed by atoms with Crippen molar-refractivity contribution in [2.75, 3.05) is 0 Å². The van der Waals surface area contributed by atoms with E-state index in [2.05, 4.69) is 39.2 Å². The van der Waals surface area contributed by atoms with Gasteiger partial charge in [-0.3, -0.25) is 5.10 Å². The topological polar surface area (TPSA) is 80.5 Å². The Hall–Kier alpha value is -1.37. The van der Waals surface area contributed by atoms with Gasteiger partial charge in [0.25, 0.3) is 0 Å². The van der Waals surface area contributed by atoms with Crippen molar-refractivity contribution in [2.24, 2.45) is 5.92 Å². The molecule has 0 saturated carbocycles. The van der Waals surface area contributed by atoms with Crippen molar-refractivity contribution in [1.29, 1.82) is 0 Å². The second-order valence-corrected chi connectivity index (χ2v) is 4.75. The molecule has 86 valence electrons. The molecule has 6 nitrogen and oxygen atoms in total. The van der Waals surface area contributed by atoms with Gasteiger partial charge in [-0.05, 0) is 5.92 Å². The van der Waals surface area contributed by atoms with Crippen LogP contribution in [-0.2, 0) is 12.2 Å². The van der Waals surface area contributed by atoms with E-state index in [0.717, 1.165) is 11.6 Å². The summed E-state index contributed by atoms with van der Waals surface area (Å²) < 4.78 is 5.12. The van der Waals surface area contributed by atoms with Crippen LogP contribution < -0.4 is 0 Å². The minimum absolute atomic E-state index is 0.523. The summed E-state index contributed by atoms with van der Waals surface area (Å²) in [5, 5.41) is 11.2. The van der Waals surface area contributed by atoms with Crippen LogP contribution in [-0.4, -0.2) is 25.3 Å². The quantitative estimate of drug-likeness (QED) is 0.799. The highest BCUT2D eigenvalue weighted by atomic mass is 32.2. The molecule has 0 fully saturated rings. The molecule has 0 saturated heterocycles. The van der Waals surface area contributed by atoms with E-state index in [1.807, 2.05) is 0 Å². The van der Waals surface area contributed by atoms with Gasteiger partial charge in [0.05, 0.1) is 5.75 Å². The molecule has 0 bridgehead atoms. The summed E-state index contributed by atoms with van der Waals surface area (Å²) in [5.74, 6) is 2.55. The Kier molecular flexibility index (Phi) is 3.55. The normalized spacial score (nSPS) is 11.2. The summed E-state index contributed by atoms with van der Waals surface area (Å²) in [6, 6.07) is 0. The minimum Gasteiger partial charge on any atom is -0.339 e. The Morgan fingerprint density at radius 3 is 3.06 bits per heavy atom. The van der Waals surface area contributed by atoms with Gasteiger partial charge in [0.15, 0.2) is 11.0 Å². The van der Waals surface area contributed by atoms with E-state index in [4.69, 9.17) is 4.52 Å². The molecule has 0 atom stereocenters. The lowest BCUT2D eigenvalue weighted by atomic mass is 10.1. The molecule has 0 unspecified atom stereocenters. The van der Waals surface area contributed by atoms with Crippen LogP contribution in [0.1, 0.15) is 25.6 Å². The van der Waals surface area contributed by atoms with E-state index in [1.54, 1.807) is 0 Å². The van der Waals surface area contributed by atoms with Gasteiger partial charge in [0.2, 0.25) is 5.89 Å². The molecule has 0 aliphatic carbocycles. The Bertz CT molecular complexity index is 425. The molecule has 7 heteroatoms. The molecule has 0 spiro atoms. The van der Waals surface area contributed by atoms with Crippen LogP contribution in [0.5, 0.6) is 0 Å². The van der Waals surface area contributed by atoms with Gasteiger partial charge >= 0.3 is 0 Å². The highest BCUT2D eigenvalue weighted by Gasteiger charge is 2.08. The first kappa shape index (κ1) is 11.1. The van der Waals surface area contributed by atoms with Crippen LogP contribution in [0.3, 0.4) is 0 Å². The van der Waals surface area contributed by atoms with Crippen LogP contribution in [0.2, 0.25) is 0 Å². The second kappa shape index (κ2) is 5.11. The number of hydrogen-bond donors (Lipinski definition) is 1. The smallest absolute Gasteiger partial charge is 0.226 e. The van der Waals surface area contributed by atoms with Crippen molar-refractivity contribution >= 4 is 11.8 Å². The maximum absolute atomic E-state index is 5.12. The lowest BCUT2D eigenvalue weighted by molar-refractivity contribution is 0.360. The first-order chi connectivity index (χ1) is 7.74. The summed E-state index contributed by atoms with van der Waals surface area (Å²) >= 11 is 1.50. The number of aromatic amines is 1. The molecular weight excluding hydrogens is 226 g/mol. The fraction of sp³-hybridized carbons (Fsp3) is 0.556. The summed E-state index contributed by atoms with van der Waals surface area (Å²) in [6.45, 7) is 4.24.